The molecule has 1 aliphatic rings. The molecular formula is C15H18Cl2FNO2. The molecule has 1 unspecified atom stereocenters. The van der Waals surface area contributed by atoms with Crippen molar-refractivity contribution < 1.29 is 13.9 Å². The maximum Gasteiger partial charge on any atom is 0.227 e. The third kappa shape index (κ3) is 4.09. The highest BCUT2D eigenvalue weighted by molar-refractivity contribution is 6.31. The molecule has 2 rings (SSSR count). The van der Waals surface area contributed by atoms with Crippen LogP contribution in [0.2, 0.25) is 5.02 Å². The summed E-state index contributed by atoms with van der Waals surface area (Å²) in [6, 6.07) is 4.41. The fraction of sp³-hybridized carbons (Fsp3) is 0.533. The minimum Gasteiger partial charge on any atom is -0.367 e. The monoisotopic (exact) mass is 333 g/mol. The Kier molecular flexibility index (Phi) is 5.12. The van der Waals surface area contributed by atoms with Crippen molar-refractivity contribution in [3.63, 3.8) is 0 Å². The van der Waals surface area contributed by atoms with Gasteiger partial charge in [-0.05, 0) is 26.0 Å². The molecule has 0 aromatic heterocycles. The first-order chi connectivity index (χ1) is 9.82. The lowest BCUT2D eigenvalue weighted by Gasteiger charge is -2.42. The second-order valence-corrected chi connectivity index (χ2v) is 6.52. The molecule has 1 amide bonds. The largest absolute Gasteiger partial charge is 0.367 e. The van der Waals surface area contributed by atoms with E-state index in [9.17, 15) is 9.18 Å². The zero-order valence-corrected chi connectivity index (χ0v) is 13.5. The summed E-state index contributed by atoms with van der Waals surface area (Å²) in [6.07, 6.45) is -0.271. The summed E-state index contributed by atoms with van der Waals surface area (Å²) in [6.45, 7) is 4.67. The van der Waals surface area contributed by atoms with E-state index in [4.69, 9.17) is 27.9 Å². The molecule has 0 bridgehead atoms. The Balaban J connectivity index is 2.13. The molecule has 1 fully saturated rings. The molecule has 0 spiro atoms. The van der Waals surface area contributed by atoms with Crippen LogP contribution in [0.15, 0.2) is 18.2 Å². The van der Waals surface area contributed by atoms with Crippen LogP contribution in [-0.2, 0) is 16.0 Å². The first kappa shape index (κ1) is 16.5. The summed E-state index contributed by atoms with van der Waals surface area (Å²) in [4.78, 5) is 14.1. The standard InChI is InChI=1S/C15H18Cl2FNO2/c1-15(2)9-19(8-10(7-16)21-15)14(20)6-11-12(17)4-3-5-13(11)18/h3-5,10H,6-9H2,1-2H3. The summed E-state index contributed by atoms with van der Waals surface area (Å²) in [5, 5.41) is 0.268. The average Bonchev–Trinajstić information content (AvgIpc) is 2.41. The quantitative estimate of drug-likeness (QED) is 0.794. The average molecular weight is 334 g/mol. The first-order valence-corrected chi connectivity index (χ1v) is 7.68. The van der Waals surface area contributed by atoms with Crippen molar-refractivity contribution in [2.24, 2.45) is 0 Å². The molecular weight excluding hydrogens is 316 g/mol. The Morgan fingerprint density at radius 3 is 2.86 bits per heavy atom. The Hall–Kier alpha value is -0.840. The van der Waals surface area contributed by atoms with E-state index in [1.165, 1.54) is 12.1 Å². The lowest BCUT2D eigenvalue weighted by molar-refractivity contribution is -0.157. The lowest BCUT2D eigenvalue weighted by Crippen LogP contribution is -2.55. The number of hydrogen-bond acceptors (Lipinski definition) is 2. The van der Waals surface area contributed by atoms with Gasteiger partial charge in [0.2, 0.25) is 5.91 Å². The number of rotatable bonds is 3. The number of halogens is 3. The molecule has 0 radical (unpaired) electrons. The van der Waals surface area contributed by atoms with E-state index in [2.05, 4.69) is 0 Å². The van der Waals surface area contributed by atoms with Crippen molar-refractivity contribution in [1.29, 1.82) is 0 Å². The van der Waals surface area contributed by atoms with Crippen molar-refractivity contribution in [2.45, 2.75) is 32.0 Å². The second kappa shape index (κ2) is 6.51. The molecule has 0 N–H and O–H groups in total. The number of hydrogen-bond donors (Lipinski definition) is 0. The Morgan fingerprint density at radius 1 is 1.52 bits per heavy atom. The summed E-state index contributed by atoms with van der Waals surface area (Å²) < 4.78 is 19.5. The van der Waals surface area contributed by atoms with Gasteiger partial charge in [-0.25, -0.2) is 4.39 Å². The highest BCUT2D eigenvalue weighted by Crippen LogP contribution is 2.24. The molecule has 116 valence electrons. The predicted molar refractivity (Wildman–Crippen MR) is 81.4 cm³/mol. The van der Waals surface area contributed by atoms with Gasteiger partial charge < -0.3 is 9.64 Å². The smallest absolute Gasteiger partial charge is 0.227 e. The number of nitrogens with zero attached hydrogens (tertiary/aromatic N) is 1. The minimum absolute atomic E-state index is 0.0589. The summed E-state index contributed by atoms with van der Waals surface area (Å²) in [5.41, 5.74) is -0.233. The normalized spacial score (nSPS) is 21.4. The van der Waals surface area contributed by atoms with Crippen LogP contribution in [0.25, 0.3) is 0 Å². The van der Waals surface area contributed by atoms with E-state index in [1.807, 2.05) is 13.8 Å². The zero-order valence-electron chi connectivity index (χ0n) is 12.0. The van der Waals surface area contributed by atoms with Gasteiger partial charge in [0.05, 0.1) is 24.0 Å². The van der Waals surface area contributed by atoms with Gasteiger partial charge in [0, 0.05) is 23.7 Å². The zero-order chi connectivity index (χ0) is 15.6. The van der Waals surface area contributed by atoms with Crippen LogP contribution in [0.4, 0.5) is 4.39 Å². The molecule has 1 aromatic carbocycles. The second-order valence-electron chi connectivity index (χ2n) is 5.81. The number of alkyl halides is 1. The maximum atomic E-state index is 13.8. The Labute approximate surface area is 134 Å². The number of morpholine rings is 1. The summed E-state index contributed by atoms with van der Waals surface area (Å²) in [5.74, 6) is -0.320. The van der Waals surface area contributed by atoms with Crippen LogP contribution in [0.3, 0.4) is 0 Å². The van der Waals surface area contributed by atoms with Crippen LogP contribution in [-0.4, -0.2) is 41.5 Å². The topological polar surface area (TPSA) is 29.5 Å². The van der Waals surface area contributed by atoms with Crippen LogP contribution in [0.5, 0.6) is 0 Å². The highest BCUT2D eigenvalue weighted by atomic mass is 35.5. The molecule has 1 aliphatic heterocycles. The minimum atomic E-state index is -0.466. The highest BCUT2D eigenvalue weighted by Gasteiger charge is 2.35. The van der Waals surface area contributed by atoms with E-state index >= 15 is 0 Å². The van der Waals surface area contributed by atoms with Crippen LogP contribution in [0, 0.1) is 5.82 Å². The van der Waals surface area contributed by atoms with Crippen molar-refractivity contribution in [3.05, 3.63) is 34.6 Å². The fourth-order valence-electron chi connectivity index (χ4n) is 2.53. The number of amides is 1. The van der Waals surface area contributed by atoms with Crippen LogP contribution in [0.1, 0.15) is 19.4 Å². The Bertz CT molecular complexity index is 516. The van der Waals surface area contributed by atoms with E-state index in [0.29, 0.717) is 19.0 Å². The SMILES string of the molecule is CC1(C)CN(C(=O)Cc2c(F)cccc2Cl)CC(CCl)O1. The molecule has 0 saturated carbocycles. The molecule has 1 heterocycles. The van der Waals surface area contributed by atoms with Gasteiger partial charge >= 0.3 is 0 Å². The van der Waals surface area contributed by atoms with Gasteiger partial charge in [0.25, 0.3) is 0 Å². The first-order valence-electron chi connectivity index (χ1n) is 6.77. The van der Waals surface area contributed by atoms with Gasteiger partial charge in [-0.1, -0.05) is 17.7 Å². The molecule has 1 atom stereocenters. The van der Waals surface area contributed by atoms with E-state index < -0.39 is 11.4 Å². The van der Waals surface area contributed by atoms with Crippen molar-refractivity contribution in [2.75, 3.05) is 19.0 Å². The number of carbonyl (C=O) groups excluding carboxylic acids is 1. The van der Waals surface area contributed by atoms with Gasteiger partial charge in [-0.2, -0.15) is 0 Å². The summed E-state index contributed by atoms with van der Waals surface area (Å²) in [7, 11) is 0. The lowest BCUT2D eigenvalue weighted by atomic mass is 10.0. The van der Waals surface area contributed by atoms with Gasteiger partial charge in [-0.3, -0.25) is 4.79 Å². The molecule has 0 aliphatic carbocycles. The van der Waals surface area contributed by atoms with Gasteiger partial charge in [0.1, 0.15) is 5.82 Å². The molecule has 3 nitrogen and oxygen atoms in total. The number of ether oxygens (including phenoxy) is 1. The molecule has 1 saturated heterocycles. The van der Waals surface area contributed by atoms with Crippen molar-refractivity contribution in [3.8, 4) is 0 Å². The van der Waals surface area contributed by atoms with Gasteiger partial charge in [-0.15, -0.1) is 11.6 Å². The molecule has 6 heteroatoms. The fourth-order valence-corrected chi connectivity index (χ4v) is 2.92. The van der Waals surface area contributed by atoms with Gasteiger partial charge in [0.15, 0.2) is 0 Å². The molecule has 21 heavy (non-hydrogen) atoms. The number of benzene rings is 1. The van der Waals surface area contributed by atoms with Crippen LogP contribution < -0.4 is 0 Å². The van der Waals surface area contributed by atoms with E-state index in [1.54, 1.807) is 11.0 Å². The third-order valence-electron chi connectivity index (χ3n) is 3.40. The maximum absolute atomic E-state index is 13.8. The third-order valence-corrected chi connectivity index (χ3v) is 4.09. The Morgan fingerprint density at radius 2 is 2.24 bits per heavy atom. The van der Waals surface area contributed by atoms with Crippen molar-refractivity contribution >= 4 is 29.1 Å². The van der Waals surface area contributed by atoms with E-state index in [-0.39, 0.29) is 29.0 Å². The number of carbonyl (C=O) groups is 1. The summed E-state index contributed by atoms with van der Waals surface area (Å²) >= 11 is 11.8. The molecule has 1 aromatic rings. The van der Waals surface area contributed by atoms with Crippen LogP contribution >= 0.6 is 23.2 Å². The predicted octanol–water partition coefficient (Wildman–Crippen LogP) is 3.27. The van der Waals surface area contributed by atoms with E-state index in [0.717, 1.165) is 0 Å². The van der Waals surface area contributed by atoms with Crippen molar-refractivity contribution in [1.82, 2.24) is 4.90 Å².